The van der Waals surface area contributed by atoms with Crippen molar-refractivity contribution in [2.45, 2.75) is 20.3 Å². The minimum absolute atomic E-state index is 0.0641. The largest absolute Gasteiger partial charge is 0.378 e. The first-order valence-corrected chi connectivity index (χ1v) is 12.8. The molecule has 36 heavy (non-hydrogen) atoms. The third-order valence-electron chi connectivity index (χ3n) is 6.08. The molecule has 3 aliphatic heterocycles. The fraction of sp³-hybridized carbons (Fsp3) is 0.292. The van der Waals surface area contributed by atoms with Crippen molar-refractivity contribution in [3.8, 4) is 5.69 Å². The number of morpholine rings is 1. The van der Waals surface area contributed by atoms with Gasteiger partial charge in [-0.3, -0.25) is 15.0 Å². The van der Waals surface area contributed by atoms with Crippen molar-refractivity contribution in [3.05, 3.63) is 56.8 Å². The molecule has 5 rings (SSSR count). The summed E-state index contributed by atoms with van der Waals surface area (Å²) in [7, 11) is 0. The average molecular weight is 545 g/mol. The zero-order valence-corrected chi connectivity index (χ0v) is 21.9. The Hall–Kier alpha value is -2.92. The predicted octanol–water partition coefficient (Wildman–Crippen LogP) is 4.27. The number of aromatic nitrogens is 1. The summed E-state index contributed by atoms with van der Waals surface area (Å²) in [6.45, 7) is 5.95. The molecule has 0 aliphatic carbocycles. The summed E-state index contributed by atoms with van der Waals surface area (Å²) < 4.78 is 7.24. The summed E-state index contributed by atoms with van der Waals surface area (Å²) in [6.07, 6.45) is 1.72. The molecule has 2 aromatic rings. The number of halogens is 2. The highest BCUT2D eigenvalue weighted by atomic mass is 35.5. The van der Waals surface area contributed by atoms with Crippen molar-refractivity contribution < 1.29 is 14.3 Å². The minimum atomic E-state index is -0.528. The van der Waals surface area contributed by atoms with Crippen LogP contribution in [0.1, 0.15) is 23.4 Å². The molecule has 186 valence electrons. The Morgan fingerprint density at radius 3 is 2.72 bits per heavy atom. The van der Waals surface area contributed by atoms with E-state index in [2.05, 4.69) is 10.1 Å². The molecule has 3 aliphatic rings. The van der Waals surface area contributed by atoms with Gasteiger partial charge in [-0.2, -0.15) is 15.1 Å². The van der Waals surface area contributed by atoms with Crippen molar-refractivity contribution in [3.63, 3.8) is 0 Å². The molecule has 1 saturated heterocycles. The summed E-state index contributed by atoms with van der Waals surface area (Å²) in [5, 5.41) is 16.3. The molecule has 0 spiro atoms. The fourth-order valence-corrected chi connectivity index (χ4v) is 5.52. The van der Waals surface area contributed by atoms with Gasteiger partial charge in [-0.05, 0) is 61.5 Å². The third-order valence-corrected chi connectivity index (χ3v) is 7.54. The van der Waals surface area contributed by atoms with Crippen LogP contribution in [-0.2, 0) is 14.3 Å². The highest BCUT2D eigenvalue weighted by molar-refractivity contribution is 8.27. The molecule has 1 fully saturated rings. The number of ether oxygens (including phenoxy) is 1. The smallest absolute Gasteiger partial charge is 0.283 e. The van der Waals surface area contributed by atoms with E-state index >= 15 is 0 Å². The molecule has 12 heteroatoms. The first-order chi connectivity index (χ1) is 17.2. The molecular formula is C24H22Cl2N6O3S. The van der Waals surface area contributed by atoms with Crippen LogP contribution < -0.4 is 0 Å². The topological polar surface area (TPSA) is 103 Å². The lowest BCUT2D eigenvalue weighted by Crippen LogP contribution is -2.41. The summed E-state index contributed by atoms with van der Waals surface area (Å²) in [6, 6.07) is 7.14. The van der Waals surface area contributed by atoms with Crippen LogP contribution in [0.4, 0.5) is 0 Å². The number of hydrogen-bond acceptors (Lipinski definition) is 6. The van der Waals surface area contributed by atoms with Gasteiger partial charge in [0, 0.05) is 29.5 Å². The van der Waals surface area contributed by atoms with Crippen LogP contribution in [0, 0.1) is 19.3 Å². The van der Waals surface area contributed by atoms with Crippen molar-refractivity contribution in [1.82, 2.24) is 14.5 Å². The number of thioether (sulfide) groups is 1. The second kappa shape index (κ2) is 9.85. The number of aliphatic imine (C=N–C) groups is 1. The Morgan fingerprint density at radius 2 is 1.97 bits per heavy atom. The molecule has 0 saturated carbocycles. The Labute approximate surface area is 221 Å². The summed E-state index contributed by atoms with van der Waals surface area (Å²) >= 11 is 13.8. The third kappa shape index (κ3) is 4.61. The van der Waals surface area contributed by atoms with E-state index in [1.165, 1.54) is 5.01 Å². The number of aryl methyl sites for hydroxylation is 1. The van der Waals surface area contributed by atoms with Gasteiger partial charge in [-0.15, -0.1) is 0 Å². The van der Waals surface area contributed by atoms with Crippen LogP contribution >= 0.6 is 35.0 Å². The van der Waals surface area contributed by atoms with Gasteiger partial charge in [-0.25, -0.2) is 0 Å². The lowest BCUT2D eigenvalue weighted by atomic mass is 10.1. The van der Waals surface area contributed by atoms with Crippen LogP contribution in [0.3, 0.4) is 0 Å². The second-order valence-electron chi connectivity index (χ2n) is 8.44. The number of benzene rings is 1. The number of carbonyl (C=O) groups excluding carboxylic acids is 2. The summed E-state index contributed by atoms with van der Waals surface area (Å²) in [5.74, 6) is -0.678. The van der Waals surface area contributed by atoms with Gasteiger partial charge in [0.25, 0.3) is 5.91 Å². The standard InChI is InChI=1S/C24H22Cl2N6O3S/c1-13-9-15(14(2)31(13)19-11-16(25)3-4-18(19)26)10-17-22(27)32-24(28-23(17)34)36-20(29-32)12-21(33)30-5-7-35-8-6-30/h3-4,9-11,27H,5-8,12H2,1-2H3. The van der Waals surface area contributed by atoms with Gasteiger partial charge in [0.05, 0.1) is 35.9 Å². The van der Waals surface area contributed by atoms with Crippen LogP contribution in [0.15, 0.2) is 39.9 Å². The number of amidine groups is 2. The van der Waals surface area contributed by atoms with Crippen molar-refractivity contribution >= 4 is 68.9 Å². The Balaban J connectivity index is 1.41. The monoisotopic (exact) mass is 544 g/mol. The molecule has 0 atom stereocenters. The molecule has 2 amide bonds. The van der Waals surface area contributed by atoms with Crippen LogP contribution in [0.5, 0.6) is 0 Å². The predicted molar refractivity (Wildman–Crippen MR) is 142 cm³/mol. The highest BCUT2D eigenvalue weighted by Gasteiger charge is 2.36. The van der Waals surface area contributed by atoms with Gasteiger partial charge in [0.1, 0.15) is 5.04 Å². The highest BCUT2D eigenvalue weighted by Crippen LogP contribution is 2.32. The molecule has 0 radical (unpaired) electrons. The van der Waals surface area contributed by atoms with Crippen LogP contribution in [0.2, 0.25) is 10.0 Å². The van der Waals surface area contributed by atoms with E-state index in [0.717, 1.165) is 34.4 Å². The van der Waals surface area contributed by atoms with Gasteiger partial charge < -0.3 is 14.2 Å². The maximum atomic E-state index is 12.9. The minimum Gasteiger partial charge on any atom is -0.378 e. The van der Waals surface area contributed by atoms with E-state index in [9.17, 15) is 9.59 Å². The van der Waals surface area contributed by atoms with Gasteiger partial charge in [0.15, 0.2) is 5.84 Å². The molecule has 1 N–H and O–H groups in total. The summed E-state index contributed by atoms with van der Waals surface area (Å²) in [4.78, 5) is 31.4. The lowest BCUT2D eigenvalue weighted by molar-refractivity contribution is -0.133. The average Bonchev–Trinajstić information content (AvgIpc) is 3.38. The van der Waals surface area contributed by atoms with E-state index < -0.39 is 5.91 Å². The number of fused-ring (bicyclic) bond motifs is 1. The Bertz CT molecular complexity index is 1390. The first kappa shape index (κ1) is 24.8. The van der Waals surface area contributed by atoms with Crippen LogP contribution in [0.25, 0.3) is 11.8 Å². The fourth-order valence-electron chi connectivity index (χ4n) is 4.27. The molecule has 0 unspecified atom stereocenters. The molecule has 4 heterocycles. The first-order valence-electron chi connectivity index (χ1n) is 11.2. The maximum Gasteiger partial charge on any atom is 0.283 e. The number of hydrogen-bond donors (Lipinski definition) is 1. The zero-order chi connectivity index (χ0) is 25.6. The van der Waals surface area contributed by atoms with E-state index in [1.807, 2.05) is 24.5 Å². The van der Waals surface area contributed by atoms with E-state index in [0.29, 0.717) is 41.4 Å². The van der Waals surface area contributed by atoms with Gasteiger partial charge in [-0.1, -0.05) is 23.2 Å². The number of amides is 2. The number of carbonyl (C=O) groups is 2. The number of hydrazone groups is 1. The number of nitrogens with zero attached hydrogens (tertiary/aromatic N) is 5. The molecule has 0 bridgehead atoms. The second-order valence-corrected chi connectivity index (χ2v) is 10.3. The number of nitrogens with one attached hydrogen (secondary N) is 1. The summed E-state index contributed by atoms with van der Waals surface area (Å²) in [5.41, 5.74) is 3.30. The maximum absolute atomic E-state index is 12.9. The normalized spacial score (nSPS) is 19.1. The lowest BCUT2D eigenvalue weighted by Gasteiger charge is -2.26. The van der Waals surface area contributed by atoms with Crippen LogP contribution in [-0.4, -0.2) is 68.6 Å². The number of rotatable bonds is 4. The van der Waals surface area contributed by atoms with Crippen molar-refractivity contribution in [2.75, 3.05) is 26.3 Å². The molecule has 1 aromatic carbocycles. The SMILES string of the molecule is Cc1cc(C=C2C(=N)N3N=C(CC(=O)N4CCOCC4)SC3=NC2=O)c(C)n1-c1cc(Cl)ccc1Cl. The van der Waals surface area contributed by atoms with E-state index in [-0.39, 0.29) is 28.9 Å². The van der Waals surface area contributed by atoms with E-state index in [1.54, 1.807) is 29.2 Å². The van der Waals surface area contributed by atoms with Crippen molar-refractivity contribution in [2.24, 2.45) is 10.1 Å². The zero-order valence-electron chi connectivity index (χ0n) is 19.5. The van der Waals surface area contributed by atoms with E-state index in [4.69, 9.17) is 33.3 Å². The molecular weight excluding hydrogens is 523 g/mol. The Morgan fingerprint density at radius 1 is 1.22 bits per heavy atom. The Kier molecular flexibility index (Phi) is 6.78. The van der Waals surface area contributed by atoms with Gasteiger partial charge >= 0.3 is 0 Å². The molecule has 9 nitrogen and oxygen atoms in total. The quantitative estimate of drug-likeness (QED) is 0.579. The van der Waals surface area contributed by atoms with Gasteiger partial charge in [0.2, 0.25) is 11.1 Å². The van der Waals surface area contributed by atoms with Crippen molar-refractivity contribution in [1.29, 1.82) is 5.41 Å². The molecule has 1 aromatic heterocycles.